The summed E-state index contributed by atoms with van der Waals surface area (Å²) in [6.07, 6.45) is 3.25. The summed E-state index contributed by atoms with van der Waals surface area (Å²) in [5.74, 6) is -0.395. The molecule has 6 heteroatoms. The van der Waals surface area contributed by atoms with Crippen LogP contribution in [0.1, 0.15) is 22.8 Å². The van der Waals surface area contributed by atoms with E-state index in [1.54, 1.807) is 23.4 Å². The molecule has 1 fully saturated rings. The minimum Gasteiger partial charge on any atom is -0.468 e. The number of hydrogen-bond donors (Lipinski definition) is 1. The van der Waals surface area contributed by atoms with Gasteiger partial charge in [0.05, 0.1) is 24.6 Å². The van der Waals surface area contributed by atoms with Crippen molar-refractivity contribution in [3.63, 3.8) is 0 Å². The van der Waals surface area contributed by atoms with Gasteiger partial charge in [0.1, 0.15) is 5.41 Å². The van der Waals surface area contributed by atoms with Crippen LogP contribution in [0.2, 0.25) is 0 Å². The van der Waals surface area contributed by atoms with Crippen LogP contribution in [0.5, 0.6) is 0 Å². The summed E-state index contributed by atoms with van der Waals surface area (Å²) in [5, 5.41) is 3.27. The summed E-state index contributed by atoms with van der Waals surface area (Å²) >= 11 is 0. The number of anilines is 1. The molecule has 1 aliphatic heterocycles. The summed E-state index contributed by atoms with van der Waals surface area (Å²) in [6.45, 7) is 3.13. The van der Waals surface area contributed by atoms with Crippen LogP contribution in [-0.4, -0.2) is 42.0 Å². The van der Waals surface area contributed by atoms with Crippen LogP contribution in [0, 0.1) is 5.41 Å². The molecule has 0 spiro atoms. The van der Waals surface area contributed by atoms with Gasteiger partial charge in [0.2, 0.25) is 0 Å². The van der Waals surface area contributed by atoms with Gasteiger partial charge in [-0.15, -0.1) is 0 Å². The number of ether oxygens (including phenoxy) is 1. The molecule has 6 nitrogen and oxygen atoms in total. The maximum Gasteiger partial charge on any atom is 0.315 e. The molecule has 1 saturated heterocycles. The molecule has 3 rings (SSSR count). The molecule has 0 bridgehead atoms. The number of likely N-dealkylation sites (tertiary alicyclic amines) is 1. The smallest absolute Gasteiger partial charge is 0.315 e. The van der Waals surface area contributed by atoms with E-state index >= 15 is 0 Å². The SMILES string of the molecule is COC(=O)C1(C)CN(C(=O)c2ccncc2NCc2ccccc2)C1. The average Bonchev–Trinajstić information content (AvgIpc) is 2.63. The number of benzene rings is 1. The molecular weight excluding hydrogens is 318 g/mol. The van der Waals surface area contributed by atoms with Crippen molar-refractivity contribution in [2.75, 3.05) is 25.5 Å². The second kappa shape index (κ2) is 6.93. The third-order valence-electron chi connectivity index (χ3n) is 4.42. The van der Waals surface area contributed by atoms with Crippen molar-refractivity contribution in [1.82, 2.24) is 9.88 Å². The molecule has 0 aliphatic carbocycles. The van der Waals surface area contributed by atoms with Crippen LogP contribution < -0.4 is 5.32 Å². The van der Waals surface area contributed by atoms with Crippen LogP contribution >= 0.6 is 0 Å². The molecule has 0 saturated carbocycles. The second-order valence-electron chi connectivity index (χ2n) is 6.47. The molecule has 0 unspecified atom stereocenters. The number of nitrogens with zero attached hydrogens (tertiary/aromatic N) is 2. The van der Waals surface area contributed by atoms with E-state index in [4.69, 9.17) is 4.74 Å². The van der Waals surface area contributed by atoms with Crippen molar-refractivity contribution in [2.24, 2.45) is 5.41 Å². The van der Waals surface area contributed by atoms with Gasteiger partial charge in [-0.25, -0.2) is 0 Å². The van der Waals surface area contributed by atoms with Crippen LogP contribution in [-0.2, 0) is 16.1 Å². The van der Waals surface area contributed by atoms with Gasteiger partial charge in [-0.1, -0.05) is 30.3 Å². The maximum absolute atomic E-state index is 12.8. The van der Waals surface area contributed by atoms with E-state index in [2.05, 4.69) is 10.3 Å². The molecule has 25 heavy (non-hydrogen) atoms. The lowest BCUT2D eigenvalue weighted by atomic mass is 9.81. The number of rotatable bonds is 5. The van der Waals surface area contributed by atoms with Crippen LogP contribution in [0.3, 0.4) is 0 Å². The molecule has 0 radical (unpaired) electrons. The Morgan fingerprint density at radius 2 is 1.96 bits per heavy atom. The fourth-order valence-corrected chi connectivity index (χ4v) is 3.00. The standard InChI is InChI=1S/C19H21N3O3/c1-19(18(24)25-2)12-22(13-19)17(23)15-8-9-20-11-16(15)21-10-14-6-4-3-5-7-14/h3-9,11,21H,10,12-13H2,1-2H3. The fourth-order valence-electron chi connectivity index (χ4n) is 3.00. The molecule has 1 N–H and O–H groups in total. The van der Waals surface area contributed by atoms with Crippen molar-refractivity contribution < 1.29 is 14.3 Å². The van der Waals surface area contributed by atoms with E-state index in [9.17, 15) is 9.59 Å². The quantitative estimate of drug-likeness (QED) is 0.847. The fraction of sp³-hybridized carbons (Fsp3) is 0.316. The Bertz CT molecular complexity index is 770. The summed E-state index contributed by atoms with van der Waals surface area (Å²) in [7, 11) is 1.37. The topological polar surface area (TPSA) is 71.5 Å². The lowest BCUT2D eigenvalue weighted by Gasteiger charge is -2.45. The lowest BCUT2D eigenvalue weighted by Crippen LogP contribution is -2.60. The zero-order valence-electron chi connectivity index (χ0n) is 14.4. The largest absolute Gasteiger partial charge is 0.468 e. The number of nitrogens with one attached hydrogen (secondary N) is 1. The highest BCUT2D eigenvalue weighted by atomic mass is 16.5. The molecule has 2 aromatic rings. The molecule has 1 amide bonds. The number of carbonyl (C=O) groups excluding carboxylic acids is 2. The molecule has 1 aromatic carbocycles. The summed E-state index contributed by atoms with van der Waals surface area (Å²) < 4.78 is 4.80. The summed E-state index contributed by atoms with van der Waals surface area (Å²) in [6, 6.07) is 11.6. The van der Waals surface area contributed by atoms with Gasteiger partial charge in [-0.2, -0.15) is 0 Å². The van der Waals surface area contributed by atoms with E-state index in [-0.39, 0.29) is 11.9 Å². The van der Waals surface area contributed by atoms with E-state index in [1.165, 1.54) is 7.11 Å². The molecule has 130 valence electrons. The monoisotopic (exact) mass is 339 g/mol. The number of methoxy groups -OCH3 is 1. The van der Waals surface area contributed by atoms with Gasteiger partial charge < -0.3 is 15.0 Å². The van der Waals surface area contributed by atoms with Gasteiger partial charge in [0.25, 0.3) is 5.91 Å². The van der Waals surface area contributed by atoms with E-state index in [0.29, 0.717) is 30.9 Å². The number of carbonyl (C=O) groups is 2. The Hall–Kier alpha value is -2.89. The minimum absolute atomic E-state index is 0.112. The Labute approximate surface area is 146 Å². The van der Waals surface area contributed by atoms with Crippen molar-refractivity contribution in [3.8, 4) is 0 Å². The van der Waals surface area contributed by atoms with Crippen LogP contribution in [0.25, 0.3) is 0 Å². The van der Waals surface area contributed by atoms with Crippen molar-refractivity contribution in [2.45, 2.75) is 13.5 Å². The normalized spacial score (nSPS) is 15.2. The van der Waals surface area contributed by atoms with Crippen LogP contribution in [0.4, 0.5) is 5.69 Å². The first-order valence-corrected chi connectivity index (χ1v) is 8.13. The zero-order valence-corrected chi connectivity index (χ0v) is 14.4. The number of pyridine rings is 1. The number of hydrogen-bond acceptors (Lipinski definition) is 5. The summed E-state index contributed by atoms with van der Waals surface area (Å²) in [4.78, 5) is 30.3. The molecule has 0 atom stereocenters. The number of esters is 1. The Balaban J connectivity index is 1.69. The predicted molar refractivity (Wildman–Crippen MR) is 94.0 cm³/mol. The zero-order chi connectivity index (χ0) is 17.9. The predicted octanol–water partition coefficient (Wildman–Crippen LogP) is 2.33. The van der Waals surface area contributed by atoms with E-state index in [0.717, 1.165) is 5.56 Å². The van der Waals surface area contributed by atoms with Gasteiger partial charge in [0.15, 0.2) is 0 Å². The van der Waals surface area contributed by atoms with Crippen molar-refractivity contribution in [1.29, 1.82) is 0 Å². The summed E-state index contributed by atoms with van der Waals surface area (Å²) in [5.41, 5.74) is 1.74. The highest BCUT2D eigenvalue weighted by molar-refractivity contribution is 6.00. The van der Waals surface area contributed by atoms with E-state index in [1.807, 2.05) is 37.3 Å². The van der Waals surface area contributed by atoms with Gasteiger partial charge in [-0.3, -0.25) is 14.6 Å². The highest BCUT2D eigenvalue weighted by Gasteiger charge is 2.48. The number of aromatic nitrogens is 1. The molecule has 1 aliphatic rings. The van der Waals surface area contributed by atoms with Gasteiger partial charge in [-0.05, 0) is 18.6 Å². The Morgan fingerprint density at radius 1 is 1.24 bits per heavy atom. The first kappa shape index (κ1) is 17.0. The third kappa shape index (κ3) is 3.47. The maximum atomic E-state index is 12.8. The molecule has 2 heterocycles. The first-order valence-electron chi connectivity index (χ1n) is 8.13. The lowest BCUT2D eigenvalue weighted by molar-refractivity contribution is -0.159. The van der Waals surface area contributed by atoms with E-state index < -0.39 is 5.41 Å². The van der Waals surface area contributed by atoms with Crippen LogP contribution in [0.15, 0.2) is 48.8 Å². The third-order valence-corrected chi connectivity index (χ3v) is 4.42. The highest BCUT2D eigenvalue weighted by Crippen LogP contribution is 2.33. The van der Waals surface area contributed by atoms with Crippen molar-refractivity contribution in [3.05, 3.63) is 59.9 Å². The molecule has 1 aromatic heterocycles. The Kier molecular flexibility index (Phi) is 4.70. The Morgan fingerprint density at radius 3 is 2.64 bits per heavy atom. The second-order valence-corrected chi connectivity index (χ2v) is 6.47. The average molecular weight is 339 g/mol. The number of amides is 1. The van der Waals surface area contributed by atoms with Gasteiger partial charge in [0, 0.05) is 25.8 Å². The van der Waals surface area contributed by atoms with Gasteiger partial charge >= 0.3 is 5.97 Å². The molecular formula is C19H21N3O3. The first-order chi connectivity index (χ1) is 12.0. The minimum atomic E-state index is -0.616. The van der Waals surface area contributed by atoms with Crippen molar-refractivity contribution >= 4 is 17.6 Å².